The number of aryl methyl sites for hydroxylation is 1. The van der Waals surface area contributed by atoms with E-state index in [9.17, 15) is 4.21 Å². The number of imidazole rings is 1. The minimum Gasteiger partial charge on any atom is -0.338 e. The summed E-state index contributed by atoms with van der Waals surface area (Å²) in [5, 5.41) is 0. The van der Waals surface area contributed by atoms with Gasteiger partial charge in [0.25, 0.3) is 0 Å². The quantitative estimate of drug-likeness (QED) is 0.630. The third-order valence-corrected chi connectivity index (χ3v) is 6.35. The van der Waals surface area contributed by atoms with Crippen LogP contribution in [0.1, 0.15) is 23.5 Å². The van der Waals surface area contributed by atoms with E-state index in [1.807, 2.05) is 10.6 Å². The van der Waals surface area contributed by atoms with Crippen molar-refractivity contribution < 1.29 is 4.21 Å². The number of hydrogen-bond acceptors (Lipinski definition) is 6. The van der Waals surface area contributed by atoms with Gasteiger partial charge in [-0.3, -0.25) is 8.61 Å². The number of rotatable bonds is 2. The molecule has 0 unspecified atom stereocenters. The van der Waals surface area contributed by atoms with Gasteiger partial charge in [0.2, 0.25) is 5.95 Å². The summed E-state index contributed by atoms with van der Waals surface area (Å²) in [4.78, 5) is 21.0. The molecule has 2 aliphatic heterocycles. The van der Waals surface area contributed by atoms with Gasteiger partial charge in [0.15, 0.2) is 11.5 Å². The van der Waals surface area contributed by atoms with Crippen molar-refractivity contribution in [3.05, 3.63) is 47.9 Å². The van der Waals surface area contributed by atoms with E-state index in [-0.39, 0.29) is 0 Å². The molecule has 1 atom stereocenters. The van der Waals surface area contributed by atoms with Crippen molar-refractivity contribution in [1.82, 2.24) is 24.3 Å². The fourth-order valence-electron chi connectivity index (χ4n) is 3.53. The highest BCUT2D eigenvalue weighted by Crippen LogP contribution is 2.30. The van der Waals surface area contributed by atoms with Gasteiger partial charge in [0, 0.05) is 50.1 Å². The van der Waals surface area contributed by atoms with Crippen LogP contribution in [0.4, 0.5) is 5.95 Å². The van der Waals surface area contributed by atoms with Crippen LogP contribution in [-0.4, -0.2) is 47.4 Å². The van der Waals surface area contributed by atoms with Crippen LogP contribution in [0.2, 0.25) is 0 Å². The van der Waals surface area contributed by atoms with Crippen molar-refractivity contribution in [2.45, 2.75) is 17.7 Å². The van der Waals surface area contributed by atoms with Crippen LogP contribution in [0.15, 0.2) is 35.8 Å². The number of anilines is 1. The summed E-state index contributed by atoms with van der Waals surface area (Å²) < 4.78 is 14.2. The smallest absolute Gasteiger partial charge is 0.211 e. The molecule has 8 heteroatoms. The molecule has 0 saturated heterocycles. The van der Waals surface area contributed by atoms with Gasteiger partial charge in [-0.15, -0.1) is 6.42 Å². The van der Waals surface area contributed by atoms with Crippen LogP contribution in [0, 0.1) is 12.3 Å². The topological polar surface area (TPSA) is 76.3 Å². The molecule has 0 amide bonds. The molecule has 0 spiro atoms. The summed E-state index contributed by atoms with van der Waals surface area (Å²) >= 11 is 0. The lowest BCUT2D eigenvalue weighted by atomic mass is 10.1. The van der Waals surface area contributed by atoms with Gasteiger partial charge in [-0.25, -0.2) is 19.9 Å². The van der Waals surface area contributed by atoms with Gasteiger partial charge >= 0.3 is 0 Å². The first kappa shape index (κ1) is 16.1. The average molecular weight is 376 g/mol. The summed E-state index contributed by atoms with van der Waals surface area (Å²) in [5.74, 6) is 4.73. The summed E-state index contributed by atoms with van der Waals surface area (Å²) in [6, 6.07) is 0. The standard InChI is InChI=1S/C19H16N6OS/c1-2-13-11-21-17(22-12-13)14-3-7-24(8-4-14)19-23-15-5-10-27(26)16(15)18-20-6-9-25(18)19/h1,3,6,9,11-12H,4-5,7-8,10H2/t27-/m0/s1. The first-order chi connectivity index (χ1) is 13.2. The molecular weight excluding hydrogens is 360 g/mol. The highest BCUT2D eigenvalue weighted by molar-refractivity contribution is 7.85. The fraction of sp³-hybridized carbons (Fsp3) is 0.263. The van der Waals surface area contributed by atoms with E-state index in [0.29, 0.717) is 17.9 Å². The molecule has 3 aromatic heterocycles. The fourth-order valence-corrected chi connectivity index (χ4v) is 4.87. The molecule has 0 aliphatic carbocycles. The average Bonchev–Trinajstić information content (AvgIpc) is 3.34. The Morgan fingerprint density at radius 2 is 2.04 bits per heavy atom. The van der Waals surface area contributed by atoms with Gasteiger partial charge in [-0.05, 0) is 12.0 Å². The maximum Gasteiger partial charge on any atom is 0.211 e. The monoisotopic (exact) mass is 376 g/mol. The summed E-state index contributed by atoms with van der Waals surface area (Å²) in [7, 11) is -1.00. The Hall–Kier alpha value is -3.05. The number of hydrogen-bond donors (Lipinski definition) is 0. The molecule has 0 fully saturated rings. The van der Waals surface area contributed by atoms with Gasteiger partial charge < -0.3 is 4.90 Å². The second kappa shape index (κ2) is 6.28. The van der Waals surface area contributed by atoms with Gasteiger partial charge in [-0.1, -0.05) is 12.0 Å². The molecule has 0 aromatic carbocycles. The Morgan fingerprint density at radius 1 is 1.19 bits per heavy atom. The maximum absolute atomic E-state index is 12.3. The third-order valence-electron chi connectivity index (χ3n) is 4.91. The summed E-state index contributed by atoms with van der Waals surface area (Å²) in [5.41, 5.74) is 3.46. The van der Waals surface area contributed by atoms with Crippen LogP contribution >= 0.6 is 0 Å². The largest absolute Gasteiger partial charge is 0.338 e. The molecule has 7 nitrogen and oxygen atoms in total. The van der Waals surface area contributed by atoms with Crippen molar-refractivity contribution >= 4 is 28.0 Å². The van der Waals surface area contributed by atoms with Gasteiger partial charge in [-0.2, -0.15) is 0 Å². The highest BCUT2D eigenvalue weighted by atomic mass is 32.2. The zero-order valence-corrected chi connectivity index (χ0v) is 15.3. The Kier molecular flexibility index (Phi) is 3.76. The predicted octanol–water partition coefficient (Wildman–Crippen LogP) is 1.46. The number of nitrogens with zero attached hydrogens (tertiary/aromatic N) is 6. The maximum atomic E-state index is 12.3. The van der Waals surface area contributed by atoms with E-state index < -0.39 is 10.8 Å². The molecule has 2 aliphatic rings. The molecule has 0 bridgehead atoms. The van der Waals surface area contributed by atoms with E-state index in [1.165, 1.54) is 0 Å². The first-order valence-corrected chi connectivity index (χ1v) is 10.0. The Morgan fingerprint density at radius 3 is 2.78 bits per heavy atom. The van der Waals surface area contributed by atoms with E-state index in [0.717, 1.165) is 53.0 Å². The minimum absolute atomic E-state index is 0.628. The van der Waals surface area contributed by atoms with E-state index in [4.69, 9.17) is 11.4 Å². The molecule has 27 heavy (non-hydrogen) atoms. The van der Waals surface area contributed by atoms with Crippen molar-refractivity contribution in [2.75, 3.05) is 23.7 Å². The van der Waals surface area contributed by atoms with Crippen LogP contribution in [-0.2, 0) is 17.2 Å². The van der Waals surface area contributed by atoms with E-state index in [2.05, 4.69) is 31.8 Å². The van der Waals surface area contributed by atoms with Crippen LogP contribution in [0.5, 0.6) is 0 Å². The predicted molar refractivity (Wildman–Crippen MR) is 103 cm³/mol. The molecule has 3 aromatic rings. The zero-order chi connectivity index (χ0) is 18.4. The van der Waals surface area contributed by atoms with Crippen molar-refractivity contribution in [2.24, 2.45) is 0 Å². The van der Waals surface area contributed by atoms with Crippen molar-refractivity contribution in [1.29, 1.82) is 0 Å². The Bertz CT molecular complexity index is 1140. The number of fused-ring (bicyclic) bond motifs is 3. The molecule has 5 heterocycles. The van der Waals surface area contributed by atoms with Crippen molar-refractivity contribution in [3.63, 3.8) is 0 Å². The van der Waals surface area contributed by atoms with Crippen LogP contribution in [0.3, 0.4) is 0 Å². The van der Waals surface area contributed by atoms with Crippen LogP contribution < -0.4 is 4.90 Å². The second-order valence-corrected chi connectivity index (χ2v) is 7.98. The molecule has 134 valence electrons. The number of aromatic nitrogens is 5. The zero-order valence-electron chi connectivity index (χ0n) is 14.5. The first-order valence-electron chi connectivity index (χ1n) is 8.72. The van der Waals surface area contributed by atoms with Gasteiger partial charge in [0.05, 0.1) is 22.1 Å². The SMILES string of the molecule is C#Cc1cnc(C2=CCN(c3nc4c(c5nccn35)[S@@](=O)CC4)CC2)nc1. The minimum atomic E-state index is -1.00. The lowest BCUT2D eigenvalue weighted by Gasteiger charge is -2.28. The van der Waals surface area contributed by atoms with Crippen molar-refractivity contribution in [3.8, 4) is 12.3 Å². The van der Waals surface area contributed by atoms with E-state index in [1.54, 1.807) is 18.6 Å². The summed E-state index contributed by atoms with van der Waals surface area (Å²) in [6.45, 7) is 1.51. The third kappa shape index (κ3) is 2.62. The lowest BCUT2D eigenvalue weighted by Crippen LogP contribution is -2.31. The van der Waals surface area contributed by atoms with Crippen LogP contribution in [0.25, 0.3) is 11.2 Å². The van der Waals surface area contributed by atoms with Gasteiger partial charge in [0.1, 0.15) is 4.90 Å². The molecule has 0 radical (unpaired) electrons. The molecule has 0 N–H and O–H groups in total. The highest BCUT2D eigenvalue weighted by Gasteiger charge is 2.27. The molecular formula is C19H16N6OS. The number of terminal acetylenes is 1. The molecule has 5 rings (SSSR count). The second-order valence-electron chi connectivity index (χ2n) is 6.47. The Balaban J connectivity index is 1.47. The lowest BCUT2D eigenvalue weighted by molar-refractivity contribution is 0.685. The normalized spacial score (nSPS) is 19.0. The Labute approximate surface area is 158 Å². The molecule has 0 saturated carbocycles. The van der Waals surface area contributed by atoms with E-state index >= 15 is 0 Å². The summed E-state index contributed by atoms with van der Waals surface area (Å²) in [6.07, 6.45) is 16.0.